The van der Waals surface area contributed by atoms with Crippen molar-refractivity contribution in [2.75, 3.05) is 5.32 Å². The number of amides is 1. The van der Waals surface area contributed by atoms with Gasteiger partial charge in [0.2, 0.25) is 5.91 Å². The highest BCUT2D eigenvalue weighted by Crippen LogP contribution is 2.15. The van der Waals surface area contributed by atoms with Gasteiger partial charge in [0.05, 0.1) is 0 Å². The summed E-state index contributed by atoms with van der Waals surface area (Å²) >= 11 is 3.37. The molecule has 1 N–H and O–H groups in total. The molecule has 0 bridgehead atoms. The summed E-state index contributed by atoms with van der Waals surface area (Å²) in [5.74, 6) is 0.0468. The molecule has 0 saturated carbocycles. The van der Waals surface area contributed by atoms with E-state index in [9.17, 15) is 4.79 Å². The molecule has 2 aromatic carbocycles. The van der Waals surface area contributed by atoms with E-state index < -0.39 is 0 Å². The summed E-state index contributed by atoms with van der Waals surface area (Å²) in [6.45, 7) is 4.19. The van der Waals surface area contributed by atoms with E-state index in [0.717, 1.165) is 16.6 Å². The van der Waals surface area contributed by atoms with Gasteiger partial charge in [-0.25, -0.2) is 0 Å². The summed E-state index contributed by atoms with van der Waals surface area (Å²) in [4.78, 5) is 11.9. The molecule has 1 amide bonds. The summed E-state index contributed by atoms with van der Waals surface area (Å²) in [6, 6.07) is 14.0. The lowest BCUT2D eigenvalue weighted by Gasteiger charge is -2.07. The van der Waals surface area contributed by atoms with Gasteiger partial charge in [-0.2, -0.15) is 0 Å². The minimum absolute atomic E-state index is 0.0468. The number of hydrogen-bond acceptors (Lipinski definition) is 1. The lowest BCUT2D eigenvalue weighted by molar-refractivity contribution is -0.116. The molecule has 0 aromatic heterocycles. The average Bonchev–Trinajstić information content (AvgIpc) is 2.43. The monoisotopic (exact) mass is 331 g/mol. The number of nitrogens with one attached hydrogen (secondary N) is 1. The number of carbonyl (C=O) groups excluding carboxylic acids is 1. The second-order valence-corrected chi connectivity index (χ2v) is 5.89. The first-order valence-corrected chi connectivity index (χ1v) is 7.45. The Hall–Kier alpha value is -1.61. The summed E-state index contributed by atoms with van der Waals surface area (Å²) in [5, 5.41) is 2.91. The molecule has 2 aromatic rings. The van der Waals surface area contributed by atoms with Crippen LogP contribution >= 0.6 is 15.9 Å². The summed E-state index contributed by atoms with van der Waals surface area (Å²) in [7, 11) is 0. The molecule has 3 heteroatoms. The molecule has 2 rings (SSSR count). The largest absolute Gasteiger partial charge is 0.326 e. The van der Waals surface area contributed by atoms with Crippen LogP contribution in [0.5, 0.6) is 0 Å². The minimum atomic E-state index is 0.0468. The van der Waals surface area contributed by atoms with Gasteiger partial charge in [-0.1, -0.05) is 34.1 Å². The molecule has 104 valence electrons. The van der Waals surface area contributed by atoms with Crippen LogP contribution < -0.4 is 5.32 Å². The average molecular weight is 332 g/mol. The van der Waals surface area contributed by atoms with E-state index >= 15 is 0 Å². The van der Waals surface area contributed by atoms with E-state index in [1.54, 1.807) is 0 Å². The molecule has 0 saturated heterocycles. The maximum atomic E-state index is 11.9. The van der Waals surface area contributed by atoms with Crippen LogP contribution in [0.25, 0.3) is 0 Å². The molecule has 0 atom stereocenters. The third kappa shape index (κ3) is 4.20. The van der Waals surface area contributed by atoms with Crippen molar-refractivity contribution in [1.82, 2.24) is 0 Å². The molecule has 0 radical (unpaired) electrons. The topological polar surface area (TPSA) is 29.1 Å². The molecule has 0 spiro atoms. The van der Waals surface area contributed by atoms with Crippen LogP contribution in [0.4, 0.5) is 5.69 Å². The molecule has 0 fully saturated rings. The van der Waals surface area contributed by atoms with E-state index in [4.69, 9.17) is 0 Å². The second kappa shape index (κ2) is 6.71. The third-order valence-corrected chi connectivity index (χ3v) is 3.87. The van der Waals surface area contributed by atoms with Crippen molar-refractivity contribution in [2.45, 2.75) is 26.7 Å². The Morgan fingerprint density at radius 2 is 1.75 bits per heavy atom. The summed E-state index contributed by atoms with van der Waals surface area (Å²) < 4.78 is 1.01. The number of rotatable bonds is 4. The number of hydrogen-bond donors (Lipinski definition) is 1. The molecular weight excluding hydrogens is 314 g/mol. The van der Waals surface area contributed by atoms with Crippen molar-refractivity contribution in [3.8, 4) is 0 Å². The highest BCUT2D eigenvalue weighted by molar-refractivity contribution is 9.10. The fraction of sp³-hybridized carbons (Fsp3) is 0.235. The zero-order valence-electron chi connectivity index (χ0n) is 11.7. The highest BCUT2D eigenvalue weighted by Gasteiger charge is 2.04. The smallest absolute Gasteiger partial charge is 0.224 e. The van der Waals surface area contributed by atoms with Crippen molar-refractivity contribution in [3.63, 3.8) is 0 Å². The first-order chi connectivity index (χ1) is 9.54. The molecule has 2 nitrogen and oxygen atoms in total. The van der Waals surface area contributed by atoms with Crippen molar-refractivity contribution in [3.05, 3.63) is 63.6 Å². The SMILES string of the molecule is Cc1ccc(CCC(=O)Nc2ccc(Br)cc2)cc1C. The molecular formula is C17H18BrNO. The molecule has 0 aliphatic heterocycles. The fourth-order valence-electron chi connectivity index (χ4n) is 1.97. The lowest BCUT2D eigenvalue weighted by Crippen LogP contribution is -2.12. The van der Waals surface area contributed by atoms with Gasteiger partial charge in [0.25, 0.3) is 0 Å². The van der Waals surface area contributed by atoms with E-state index in [1.165, 1.54) is 16.7 Å². The Labute approximate surface area is 128 Å². The number of benzene rings is 2. The normalized spacial score (nSPS) is 10.3. The predicted molar refractivity (Wildman–Crippen MR) is 87.0 cm³/mol. The number of aryl methyl sites for hydroxylation is 3. The predicted octanol–water partition coefficient (Wildman–Crippen LogP) is 4.64. The molecule has 0 unspecified atom stereocenters. The summed E-state index contributed by atoms with van der Waals surface area (Å²) in [6.07, 6.45) is 1.27. The fourth-order valence-corrected chi connectivity index (χ4v) is 2.24. The molecule has 20 heavy (non-hydrogen) atoms. The Morgan fingerprint density at radius 3 is 2.40 bits per heavy atom. The van der Waals surface area contributed by atoms with E-state index in [1.807, 2.05) is 24.3 Å². The highest BCUT2D eigenvalue weighted by atomic mass is 79.9. The van der Waals surface area contributed by atoms with E-state index in [0.29, 0.717) is 6.42 Å². The minimum Gasteiger partial charge on any atom is -0.326 e. The first-order valence-electron chi connectivity index (χ1n) is 6.66. The van der Waals surface area contributed by atoms with E-state index in [2.05, 4.69) is 53.3 Å². The maximum absolute atomic E-state index is 11.9. The van der Waals surface area contributed by atoms with Crippen molar-refractivity contribution in [1.29, 1.82) is 0 Å². The van der Waals surface area contributed by atoms with Crippen LogP contribution in [0.2, 0.25) is 0 Å². The third-order valence-electron chi connectivity index (χ3n) is 3.34. The van der Waals surface area contributed by atoms with Crippen molar-refractivity contribution in [2.24, 2.45) is 0 Å². The van der Waals surface area contributed by atoms with Crippen molar-refractivity contribution < 1.29 is 4.79 Å². The number of anilines is 1. The quantitative estimate of drug-likeness (QED) is 0.868. The Bertz CT molecular complexity index is 605. The van der Waals surface area contributed by atoms with E-state index in [-0.39, 0.29) is 5.91 Å². The standard InChI is InChI=1S/C17H18BrNO/c1-12-3-4-14(11-13(12)2)5-10-17(20)19-16-8-6-15(18)7-9-16/h3-4,6-9,11H,5,10H2,1-2H3,(H,19,20). The Morgan fingerprint density at radius 1 is 1.05 bits per heavy atom. The molecule has 0 aliphatic rings. The van der Waals surface area contributed by atoms with Gasteiger partial charge in [-0.3, -0.25) is 4.79 Å². The van der Waals surface area contributed by atoms with Crippen molar-refractivity contribution >= 4 is 27.5 Å². The van der Waals surface area contributed by atoms with Crippen LogP contribution in [-0.2, 0) is 11.2 Å². The van der Waals surface area contributed by atoms with Gasteiger partial charge in [0.1, 0.15) is 0 Å². The van der Waals surface area contributed by atoms with Gasteiger partial charge >= 0.3 is 0 Å². The van der Waals surface area contributed by atoms with Gasteiger partial charge in [-0.15, -0.1) is 0 Å². The second-order valence-electron chi connectivity index (χ2n) is 4.97. The number of halogens is 1. The number of carbonyl (C=O) groups is 1. The first kappa shape index (κ1) is 14.8. The van der Waals surface area contributed by atoms with Crippen LogP contribution in [0.3, 0.4) is 0 Å². The molecule has 0 heterocycles. The van der Waals surface area contributed by atoms with Crippen LogP contribution in [-0.4, -0.2) is 5.91 Å². The van der Waals surface area contributed by atoms with Crippen LogP contribution in [0, 0.1) is 13.8 Å². The van der Waals surface area contributed by atoms with Crippen LogP contribution in [0.1, 0.15) is 23.1 Å². The zero-order valence-corrected chi connectivity index (χ0v) is 13.3. The van der Waals surface area contributed by atoms with Gasteiger partial charge < -0.3 is 5.32 Å². The molecule has 0 aliphatic carbocycles. The van der Waals surface area contributed by atoms with Gasteiger partial charge in [0.15, 0.2) is 0 Å². The van der Waals surface area contributed by atoms with Gasteiger partial charge in [-0.05, 0) is 61.2 Å². The van der Waals surface area contributed by atoms with Crippen LogP contribution in [0.15, 0.2) is 46.9 Å². The Kier molecular flexibility index (Phi) is 4.96. The zero-order chi connectivity index (χ0) is 14.5. The summed E-state index contributed by atoms with van der Waals surface area (Å²) in [5.41, 5.74) is 4.60. The Balaban J connectivity index is 1.88. The van der Waals surface area contributed by atoms with Gasteiger partial charge in [0, 0.05) is 16.6 Å². The maximum Gasteiger partial charge on any atom is 0.224 e. The lowest BCUT2D eigenvalue weighted by atomic mass is 10.0.